The Kier molecular flexibility index (Phi) is 55.6. The van der Waals surface area contributed by atoms with Crippen molar-refractivity contribution in [2.75, 3.05) is 33.0 Å². The Balaban J connectivity index is -0.000000143. The minimum absolute atomic E-state index is 0. The van der Waals surface area contributed by atoms with Crippen molar-refractivity contribution in [1.82, 2.24) is 0 Å². The second-order valence-corrected chi connectivity index (χ2v) is 26.3. The maximum atomic E-state index is 11.7. The van der Waals surface area contributed by atoms with Crippen molar-refractivity contribution in [3.05, 3.63) is 60.8 Å². The first-order valence-electron chi connectivity index (χ1n) is 26.0. The second kappa shape index (κ2) is 48.7. The quantitative estimate of drug-likeness (QED) is 0.0229. The van der Waals surface area contributed by atoms with Gasteiger partial charge < -0.3 is 48.9 Å². The van der Waals surface area contributed by atoms with Crippen LogP contribution in [0.1, 0.15) is 177 Å². The maximum Gasteiger partial charge on any atom is 2.00 e. The molecule has 4 N–H and O–H groups in total. The summed E-state index contributed by atoms with van der Waals surface area (Å²) in [6, 6.07) is 0. The molecule has 0 saturated heterocycles. The molecule has 0 aromatic carbocycles. The average Bonchev–Trinajstić information content (AvgIpc) is 3.27. The van der Waals surface area contributed by atoms with Crippen molar-refractivity contribution in [2.24, 2.45) is 50.2 Å². The Hall–Kier alpha value is -4.54. The summed E-state index contributed by atoms with van der Waals surface area (Å²) in [6.07, 6.45) is 10.8. The first-order chi connectivity index (χ1) is 36.4. The number of esters is 5. The molecular weight excluding hydrogens is 1360 g/mol. The van der Waals surface area contributed by atoms with E-state index in [0.29, 0.717) is 29.8 Å². The Morgan fingerprint density at radius 2 is 0.759 bits per heavy atom. The number of rotatable bonds is 24. The molecule has 0 aromatic heterocycles. The van der Waals surface area contributed by atoms with Gasteiger partial charge in [-0.15, -0.1) is 6.08 Å². The van der Waals surface area contributed by atoms with E-state index < -0.39 is 53.7 Å². The third-order valence-electron chi connectivity index (χ3n) is 9.06. The van der Waals surface area contributed by atoms with Crippen LogP contribution in [0.25, 0.3) is 0 Å². The largest absolute Gasteiger partial charge is 2.00 e. The minimum atomic E-state index is -1.16. The zero-order chi connectivity index (χ0) is 65.3. The molecule has 0 spiro atoms. The van der Waals surface area contributed by atoms with Crippen LogP contribution in [-0.4, -0.2) is 113 Å². The molecule has 0 saturated carbocycles. The molecule has 20 nitrogen and oxygen atoms in total. The van der Waals surface area contributed by atoms with Crippen LogP contribution < -0.4 is 0 Å². The number of carbonyl (C=O) groups is 9. The second-order valence-electron chi connectivity index (χ2n) is 26.3. The Morgan fingerprint density at radius 1 is 0.458 bits per heavy atom. The Morgan fingerprint density at radius 3 is 1.02 bits per heavy atom. The van der Waals surface area contributed by atoms with Gasteiger partial charge in [0.2, 0.25) is 5.97 Å². The van der Waals surface area contributed by atoms with Gasteiger partial charge in [-0.25, -0.2) is 28.8 Å². The van der Waals surface area contributed by atoms with Gasteiger partial charge in [0.05, 0.1) is 45.9 Å². The first kappa shape index (κ1) is 94.8. The summed E-state index contributed by atoms with van der Waals surface area (Å²) in [5.74, 6) is -5.98. The molecule has 0 heterocycles. The van der Waals surface area contributed by atoms with E-state index in [2.05, 4.69) is 68.5 Å². The summed E-state index contributed by atoms with van der Waals surface area (Å²) in [4.78, 5) is 106. The zero-order valence-corrected chi connectivity index (χ0v) is 57.2. The number of carboxylic acid groups (broad SMARTS) is 4. The molecule has 487 valence electrons. The van der Waals surface area contributed by atoms with Crippen LogP contribution in [0.4, 0.5) is 0 Å². The van der Waals surface area contributed by atoms with E-state index in [9.17, 15) is 47.9 Å². The van der Waals surface area contributed by atoms with Gasteiger partial charge in [0.25, 0.3) is 0 Å². The molecule has 3 atom stereocenters. The van der Waals surface area contributed by atoms with E-state index in [-0.39, 0.29) is 118 Å². The summed E-state index contributed by atoms with van der Waals surface area (Å²) in [6.45, 7) is 49.3. The fourth-order valence-electron chi connectivity index (χ4n) is 5.88. The summed E-state index contributed by atoms with van der Waals surface area (Å²) in [5.41, 5.74) is 0.0840. The van der Waals surface area contributed by atoms with E-state index in [4.69, 9.17) is 47.4 Å². The van der Waals surface area contributed by atoms with Gasteiger partial charge in [0, 0.05) is 35.5 Å². The molecule has 0 fully saturated rings. The number of allylic oxidation sites excluding steroid dienone is 1. The van der Waals surface area contributed by atoms with Crippen LogP contribution in [0.3, 0.4) is 0 Å². The zero-order valence-electron chi connectivity index (χ0n) is 52.6. The third-order valence-corrected chi connectivity index (χ3v) is 9.06. The van der Waals surface area contributed by atoms with Crippen molar-refractivity contribution in [3.63, 3.8) is 0 Å². The third kappa shape index (κ3) is 81.7. The van der Waals surface area contributed by atoms with Crippen molar-refractivity contribution >= 4 is 60.0 Å². The molecule has 0 rings (SSSR count). The van der Waals surface area contributed by atoms with Crippen LogP contribution in [0, 0.1) is 50.2 Å². The SMILES string of the molecule is C=C(CC(=O)O)C(=O)OCC(C)(C)C.C=C(CC(=O)O)C(=O)OCC(C)(C)C.CC(C)(C)COC(=O)/C=C/C(=O)O.CC(C)(C)COC(=O)/C=C/C(=O)O.CC(CCC(COC(=O)/C=C\[C-]=O)C(C)CC(C)(C)C)CC(C)(C)C.[O]=[Ag].[Pd+2].[Pd+2]. The first-order valence-corrected chi connectivity index (χ1v) is 26.6. The molecule has 0 aromatic rings. The summed E-state index contributed by atoms with van der Waals surface area (Å²) in [7, 11) is 0. The predicted octanol–water partition coefficient (Wildman–Crippen LogP) is 11.3. The van der Waals surface area contributed by atoms with Crippen LogP contribution in [0.15, 0.2) is 60.8 Å². The molecule has 23 heteroatoms. The van der Waals surface area contributed by atoms with E-state index in [1.165, 1.54) is 6.42 Å². The molecule has 0 aliphatic carbocycles. The molecule has 0 bridgehead atoms. The topological polar surface area (TPSA) is 315 Å². The monoisotopic (exact) mass is 1460 g/mol. The van der Waals surface area contributed by atoms with Crippen molar-refractivity contribution in [2.45, 2.75) is 177 Å². The number of carboxylic acids is 4. The summed E-state index contributed by atoms with van der Waals surface area (Å²) < 4.78 is 32.7. The van der Waals surface area contributed by atoms with Gasteiger partial charge in [0.15, 0.2) is 0 Å². The molecule has 0 radical (unpaired) electrons. The number of carbonyl (C=O) groups excluding carboxylic acids is 6. The van der Waals surface area contributed by atoms with Gasteiger partial charge in [0.1, 0.15) is 0 Å². The van der Waals surface area contributed by atoms with Crippen LogP contribution in [0.5, 0.6) is 0 Å². The van der Waals surface area contributed by atoms with E-state index in [1.54, 1.807) is 27.3 Å². The average molecular weight is 1460 g/mol. The van der Waals surface area contributed by atoms with Crippen LogP contribution >= 0.6 is 0 Å². The molecule has 0 aliphatic rings. The van der Waals surface area contributed by atoms with Gasteiger partial charge in [-0.05, 0) is 75.8 Å². The number of ether oxygens (including phenoxy) is 5. The van der Waals surface area contributed by atoms with E-state index in [0.717, 1.165) is 55.7 Å². The summed E-state index contributed by atoms with van der Waals surface area (Å²) >= 11 is 1.70. The molecule has 83 heavy (non-hydrogen) atoms. The Bertz CT molecular complexity index is 1970. The normalized spacial score (nSPS) is 12.3. The maximum absolute atomic E-state index is 11.7. The fourth-order valence-corrected chi connectivity index (χ4v) is 5.88. The molecular formula is C60H99AgO20Pd2+3. The van der Waals surface area contributed by atoms with E-state index in [1.807, 2.05) is 83.1 Å². The molecule has 0 amide bonds. The fraction of sp³-hybridized carbons (Fsp3) is 0.667. The number of hydrogen-bond acceptors (Lipinski definition) is 16. The van der Waals surface area contributed by atoms with Gasteiger partial charge in [-0.1, -0.05) is 158 Å². The van der Waals surface area contributed by atoms with Crippen molar-refractivity contribution < 1.29 is 157 Å². The van der Waals surface area contributed by atoms with Crippen LogP contribution in [-0.2, 0) is 137 Å². The number of aliphatic carboxylic acids is 4. The summed E-state index contributed by atoms with van der Waals surface area (Å²) in [5, 5.41) is 33.2. The van der Waals surface area contributed by atoms with Gasteiger partial charge in [-0.3, -0.25) is 14.4 Å². The Labute approximate surface area is 534 Å². The van der Waals surface area contributed by atoms with Crippen LogP contribution in [0.2, 0.25) is 0 Å². The van der Waals surface area contributed by atoms with Crippen molar-refractivity contribution in [1.29, 1.82) is 0 Å². The minimum Gasteiger partial charge on any atom is 2.00 e. The van der Waals surface area contributed by atoms with E-state index >= 15 is 0 Å². The predicted molar refractivity (Wildman–Crippen MR) is 304 cm³/mol. The smallest absolute Gasteiger partial charge is 2.00 e. The van der Waals surface area contributed by atoms with Gasteiger partial charge >= 0.3 is 113 Å². The standard InChI is InChI=1S/C22H39O3.2C10H16O4.2C9H14O4.Ag.O.2Pd/c1-17(14-21(3,4)5)11-12-19(18(2)15-22(6,7)8)16-25-20(24)10-9-13-23;2*1-7(5-8(11)12)9(13)14-6-10(2,3)4;2*1-9(2,3)6-13-8(12)5-4-7(10)11;;;;/h9-10,17-19H,11-12,14-16H2,1-8H3;2*1,5-6H2,2-4H3,(H,11,12);2*4-5H,6H2,1-3H3,(H,10,11);;;;/q-1;;;;;;;2*+2/b10-9-;;;2*5-4+;;;;. The number of hydrogen-bond donors (Lipinski definition) is 4. The van der Waals surface area contributed by atoms with Gasteiger partial charge in [-0.2, -0.15) is 6.08 Å². The van der Waals surface area contributed by atoms with Crippen molar-refractivity contribution in [3.8, 4) is 0 Å². The molecule has 0 aliphatic heterocycles. The molecule has 3 unspecified atom stereocenters.